The summed E-state index contributed by atoms with van der Waals surface area (Å²) in [6.07, 6.45) is 7.33. The normalized spacial score (nSPS) is 31.0. The van der Waals surface area contributed by atoms with Crippen LogP contribution in [0.3, 0.4) is 0 Å². The van der Waals surface area contributed by atoms with Crippen molar-refractivity contribution < 1.29 is 13.9 Å². The molecule has 154 valence electrons. The van der Waals surface area contributed by atoms with E-state index in [4.69, 9.17) is 9.15 Å². The second-order valence-electron chi connectivity index (χ2n) is 9.12. The van der Waals surface area contributed by atoms with Crippen LogP contribution in [0.4, 0.5) is 0 Å². The first-order chi connectivity index (χ1) is 14.1. The molecule has 1 unspecified atom stereocenters. The summed E-state index contributed by atoms with van der Waals surface area (Å²) in [4.78, 5) is 13.5. The summed E-state index contributed by atoms with van der Waals surface area (Å²) in [6.45, 7) is 4.52. The molecule has 2 aromatic rings. The summed E-state index contributed by atoms with van der Waals surface area (Å²) in [5.41, 5.74) is 0.694. The summed E-state index contributed by atoms with van der Waals surface area (Å²) in [5, 5.41) is 8.70. The Kier molecular flexibility index (Phi) is 4.93. The molecule has 4 aliphatic carbocycles. The van der Waals surface area contributed by atoms with Crippen LogP contribution in [0.15, 0.2) is 33.9 Å². The fourth-order valence-electron chi connectivity index (χ4n) is 6.34. The van der Waals surface area contributed by atoms with Crippen LogP contribution in [0.2, 0.25) is 0 Å². The zero-order chi connectivity index (χ0) is 20.0. The number of ketones is 1. The van der Waals surface area contributed by atoms with Crippen LogP contribution in [0.5, 0.6) is 5.75 Å². The van der Waals surface area contributed by atoms with Gasteiger partial charge in [0.15, 0.2) is 5.78 Å². The Balaban J connectivity index is 1.31. The van der Waals surface area contributed by atoms with Crippen molar-refractivity contribution in [2.75, 3.05) is 6.61 Å². The van der Waals surface area contributed by atoms with Crippen LogP contribution in [0.1, 0.15) is 52.4 Å². The Bertz CT molecular complexity index is 874. The highest BCUT2D eigenvalue weighted by Gasteiger charge is 2.55. The molecular formula is C23H28N2O3S. The maximum absolute atomic E-state index is 13.5. The molecule has 5 nitrogen and oxygen atoms in total. The Morgan fingerprint density at radius 3 is 2.48 bits per heavy atom. The Labute approximate surface area is 176 Å². The van der Waals surface area contributed by atoms with Gasteiger partial charge in [0.2, 0.25) is 0 Å². The van der Waals surface area contributed by atoms with Crippen molar-refractivity contribution in [3.05, 3.63) is 24.3 Å². The SMILES string of the molecule is CCOc1ccccc1-c1nnc(SC(C)C(=O)C23CC4CC(CC(C4)C2)C3)o1. The van der Waals surface area contributed by atoms with E-state index in [2.05, 4.69) is 10.2 Å². The van der Waals surface area contributed by atoms with E-state index in [-0.39, 0.29) is 10.7 Å². The molecule has 0 aliphatic heterocycles. The largest absolute Gasteiger partial charge is 0.493 e. The molecule has 0 radical (unpaired) electrons. The molecule has 0 saturated heterocycles. The number of benzene rings is 1. The maximum atomic E-state index is 13.5. The number of aromatic nitrogens is 2. The number of para-hydroxylation sites is 1. The van der Waals surface area contributed by atoms with Crippen LogP contribution in [0.25, 0.3) is 11.5 Å². The number of carbonyl (C=O) groups is 1. The Hall–Kier alpha value is -1.82. The predicted octanol–water partition coefficient (Wildman–Crippen LogP) is 5.40. The lowest BCUT2D eigenvalue weighted by molar-refractivity contribution is -0.143. The summed E-state index contributed by atoms with van der Waals surface area (Å²) in [5.74, 6) is 3.88. The zero-order valence-electron chi connectivity index (χ0n) is 17.1. The first-order valence-corrected chi connectivity index (χ1v) is 11.7. The van der Waals surface area contributed by atoms with Crippen LogP contribution < -0.4 is 4.74 Å². The molecule has 1 aromatic carbocycles. The van der Waals surface area contributed by atoms with E-state index in [1.165, 1.54) is 31.0 Å². The van der Waals surface area contributed by atoms with E-state index in [9.17, 15) is 4.79 Å². The van der Waals surface area contributed by atoms with Crippen LogP contribution in [-0.2, 0) is 4.79 Å². The summed E-state index contributed by atoms with van der Waals surface area (Å²) in [7, 11) is 0. The van der Waals surface area contributed by atoms with Gasteiger partial charge in [0.05, 0.1) is 17.4 Å². The quantitative estimate of drug-likeness (QED) is 0.567. The van der Waals surface area contributed by atoms with E-state index < -0.39 is 0 Å². The van der Waals surface area contributed by atoms with Gasteiger partial charge in [0, 0.05) is 5.41 Å². The number of thioether (sulfide) groups is 1. The van der Waals surface area contributed by atoms with Crippen molar-refractivity contribution in [2.24, 2.45) is 23.2 Å². The van der Waals surface area contributed by atoms with Gasteiger partial charge in [0.25, 0.3) is 11.1 Å². The molecule has 6 rings (SSSR count). The number of rotatable bonds is 7. The minimum Gasteiger partial charge on any atom is -0.493 e. The Morgan fingerprint density at radius 1 is 1.17 bits per heavy atom. The van der Waals surface area contributed by atoms with Crippen LogP contribution in [0, 0.1) is 23.2 Å². The zero-order valence-corrected chi connectivity index (χ0v) is 17.9. The smallest absolute Gasteiger partial charge is 0.277 e. The molecular weight excluding hydrogens is 384 g/mol. The second kappa shape index (κ2) is 7.46. The second-order valence-corrected chi connectivity index (χ2v) is 10.4. The fraction of sp³-hybridized carbons (Fsp3) is 0.609. The number of Topliss-reactive ketones (excluding diaryl/α,β-unsaturated/α-hetero) is 1. The van der Waals surface area contributed by atoms with Gasteiger partial charge >= 0.3 is 0 Å². The molecule has 1 atom stereocenters. The third-order valence-electron chi connectivity index (χ3n) is 7.03. The highest BCUT2D eigenvalue weighted by Crippen LogP contribution is 2.61. The van der Waals surface area contributed by atoms with E-state index in [1.54, 1.807) is 0 Å². The molecule has 0 spiro atoms. The molecule has 0 amide bonds. The molecule has 4 saturated carbocycles. The molecule has 6 heteroatoms. The highest BCUT2D eigenvalue weighted by molar-refractivity contribution is 8.00. The van der Waals surface area contributed by atoms with Gasteiger partial charge in [-0.15, -0.1) is 10.2 Å². The van der Waals surface area contributed by atoms with Crippen molar-refractivity contribution in [3.8, 4) is 17.2 Å². The van der Waals surface area contributed by atoms with Gasteiger partial charge in [-0.2, -0.15) is 0 Å². The first kappa shape index (κ1) is 19.2. The standard InChI is InChI=1S/C23H28N2O3S/c1-3-27-19-7-5-4-6-18(19)21-24-25-22(28-21)29-14(2)20(26)23-11-15-8-16(12-23)10-17(9-15)13-23/h4-7,14-17H,3,8-13H2,1-2H3. The van der Waals surface area contributed by atoms with Crippen molar-refractivity contribution in [1.29, 1.82) is 0 Å². The molecule has 1 heterocycles. The van der Waals surface area contributed by atoms with E-state index in [1.807, 2.05) is 38.1 Å². The molecule has 4 bridgehead atoms. The van der Waals surface area contributed by atoms with Gasteiger partial charge < -0.3 is 9.15 Å². The molecule has 4 aliphatic rings. The minimum absolute atomic E-state index is 0.0917. The fourth-order valence-corrected chi connectivity index (χ4v) is 7.21. The maximum Gasteiger partial charge on any atom is 0.277 e. The predicted molar refractivity (Wildman–Crippen MR) is 112 cm³/mol. The lowest BCUT2D eigenvalue weighted by Crippen LogP contribution is -2.51. The molecule has 4 fully saturated rings. The van der Waals surface area contributed by atoms with Gasteiger partial charge in [0.1, 0.15) is 5.75 Å². The number of nitrogens with zero attached hydrogens (tertiary/aromatic N) is 2. The van der Waals surface area contributed by atoms with E-state index in [0.717, 1.165) is 48.3 Å². The van der Waals surface area contributed by atoms with Crippen molar-refractivity contribution in [1.82, 2.24) is 10.2 Å². The Morgan fingerprint density at radius 2 is 1.83 bits per heavy atom. The lowest BCUT2D eigenvalue weighted by Gasteiger charge is -2.56. The monoisotopic (exact) mass is 412 g/mol. The van der Waals surface area contributed by atoms with Crippen molar-refractivity contribution >= 4 is 17.5 Å². The highest BCUT2D eigenvalue weighted by atomic mass is 32.2. The van der Waals surface area contributed by atoms with Gasteiger partial charge in [-0.25, -0.2) is 0 Å². The van der Waals surface area contributed by atoms with E-state index in [0.29, 0.717) is 23.5 Å². The lowest BCUT2D eigenvalue weighted by atomic mass is 9.48. The first-order valence-electron chi connectivity index (χ1n) is 10.8. The van der Waals surface area contributed by atoms with Gasteiger partial charge in [-0.3, -0.25) is 4.79 Å². The summed E-state index contributed by atoms with van der Waals surface area (Å²) >= 11 is 1.40. The van der Waals surface area contributed by atoms with Crippen molar-refractivity contribution in [2.45, 2.75) is 62.8 Å². The van der Waals surface area contributed by atoms with Gasteiger partial charge in [-0.05, 0) is 82.3 Å². The summed E-state index contributed by atoms with van der Waals surface area (Å²) in [6, 6.07) is 7.66. The number of ether oxygens (including phenoxy) is 1. The van der Waals surface area contributed by atoms with Crippen molar-refractivity contribution in [3.63, 3.8) is 0 Å². The third kappa shape index (κ3) is 3.49. The van der Waals surface area contributed by atoms with Crippen LogP contribution in [-0.4, -0.2) is 27.8 Å². The number of hydrogen-bond donors (Lipinski definition) is 0. The molecule has 1 aromatic heterocycles. The molecule has 29 heavy (non-hydrogen) atoms. The topological polar surface area (TPSA) is 65.2 Å². The number of hydrogen-bond acceptors (Lipinski definition) is 6. The van der Waals surface area contributed by atoms with Gasteiger partial charge in [-0.1, -0.05) is 23.9 Å². The average Bonchev–Trinajstić information content (AvgIpc) is 3.15. The van der Waals surface area contributed by atoms with E-state index >= 15 is 0 Å². The average molecular weight is 413 g/mol. The van der Waals surface area contributed by atoms with Crippen LogP contribution >= 0.6 is 11.8 Å². The molecule has 0 N–H and O–H groups in total. The third-order valence-corrected chi connectivity index (χ3v) is 7.97. The summed E-state index contributed by atoms with van der Waals surface area (Å²) < 4.78 is 11.6. The minimum atomic E-state index is -0.165. The number of carbonyl (C=O) groups excluding carboxylic acids is 1.